The van der Waals surface area contributed by atoms with Gasteiger partial charge in [0.1, 0.15) is 0 Å². The van der Waals surface area contributed by atoms with Gasteiger partial charge in [-0.1, -0.05) is 0 Å². The number of thioether (sulfide) groups is 1. The van der Waals surface area contributed by atoms with Crippen molar-refractivity contribution in [1.29, 1.82) is 0 Å². The van der Waals surface area contributed by atoms with Crippen LogP contribution in [0.15, 0.2) is 0 Å². The normalized spacial score (nSPS) is 29.1. The van der Waals surface area contributed by atoms with E-state index in [0.717, 1.165) is 25.7 Å². The minimum atomic E-state index is 0.386. The highest BCUT2D eigenvalue weighted by molar-refractivity contribution is 8.00. The molecule has 2 heterocycles. The van der Waals surface area contributed by atoms with Crippen molar-refractivity contribution in [3.8, 4) is 0 Å². The molecular weight excluding hydrogens is 232 g/mol. The van der Waals surface area contributed by atoms with Crippen LogP contribution in [-0.2, 0) is 4.74 Å². The van der Waals surface area contributed by atoms with Crippen molar-refractivity contribution in [3.63, 3.8) is 0 Å². The first-order chi connectivity index (χ1) is 8.12. The van der Waals surface area contributed by atoms with Crippen LogP contribution in [0, 0.1) is 5.92 Å². The lowest BCUT2D eigenvalue weighted by molar-refractivity contribution is 0.0264. The van der Waals surface area contributed by atoms with Gasteiger partial charge in [-0.2, -0.15) is 11.8 Å². The number of rotatable bonds is 3. The third kappa shape index (κ3) is 3.60. The molecule has 0 radical (unpaired) electrons. The Morgan fingerprint density at radius 2 is 2.12 bits per heavy atom. The van der Waals surface area contributed by atoms with E-state index in [1.54, 1.807) is 0 Å². The van der Waals surface area contributed by atoms with Crippen LogP contribution >= 0.6 is 11.8 Å². The molecule has 2 N–H and O–H groups in total. The summed E-state index contributed by atoms with van der Waals surface area (Å²) in [7, 11) is 0. The molecule has 2 saturated heterocycles. The number of hydrogen-bond acceptors (Lipinski definition) is 4. The van der Waals surface area contributed by atoms with Crippen molar-refractivity contribution in [2.45, 2.75) is 37.5 Å². The molecule has 0 aromatic heterocycles. The lowest BCUT2D eigenvalue weighted by Crippen LogP contribution is -2.54. The number of nitrogens with two attached hydrogens (primary N) is 1. The van der Waals surface area contributed by atoms with E-state index in [9.17, 15) is 0 Å². The average molecular weight is 258 g/mol. The van der Waals surface area contributed by atoms with Gasteiger partial charge in [-0.25, -0.2) is 0 Å². The van der Waals surface area contributed by atoms with Gasteiger partial charge in [-0.3, -0.25) is 4.90 Å². The van der Waals surface area contributed by atoms with Crippen LogP contribution in [0.3, 0.4) is 0 Å². The molecule has 1 atom stereocenters. The van der Waals surface area contributed by atoms with E-state index >= 15 is 0 Å². The van der Waals surface area contributed by atoms with E-state index in [-0.39, 0.29) is 0 Å². The Morgan fingerprint density at radius 3 is 2.71 bits per heavy atom. The second kappa shape index (κ2) is 5.91. The summed E-state index contributed by atoms with van der Waals surface area (Å²) in [5.41, 5.74) is 6.03. The lowest BCUT2D eigenvalue weighted by atomic mass is 9.90. The largest absolute Gasteiger partial charge is 0.381 e. The van der Waals surface area contributed by atoms with Crippen molar-refractivity contribution in [1.82, 2.24) is 4.90 Å². The molecule has 1 unspecified atom stereocenters. The van der Waals surface area contributed by atoms with Gasteiger partial charge < -0.3 is 10.5 Å². The zero-order chi connectivity index (χ0) is 12.3. The van der Waals surface area contributed by atoms with Crippen molar-refractivity contribution in [3.05, 3.63) is 0 Å². The fourth-order valence-corrected chi connectivity index (χ4v) is 4.21. The molecule has 2 rings (SSSR count). The van der Waals surface area contributed by atoms with Crippen LogP contribution in [0.4, 0.5) is 0 Å². The molecular formula is C13H26N2OS. The lowest BCUT2D eigenvalue weighted by Gasteiger charge is -2.45. The smallest absolute Gasteiger partial charge is 0.0469 e. The van der Waals surface area contributed by atoms with E-state index in [1.165, 1.54) is 31.7 Å². The van der Waals surface area contributed by atoms with Crippen LogP contribution in [0.1, 0.15) is 26.7 Å². The molecule has 0 bridgehead atoms. The molecule has 0 amide bonds. The molecule has 0 aliphatic carbocycles. The Morgan fingerprint density at radius 1 is 1.41 bits per heavy atom. The summed E-state index contributed by atoms with van der Waals surface area (Å²) in [6, 6.07) is 0.569. The van der Waals surface area contributed by atoms with E-state index in [0.29, 0.717) is 10.8 Å². The predicted octanol–water partition coefficient (Wildman–Crippen LogP) is 1.57. The van der Waals surface area contributed by atoms with E-state index in [4.69, 9.17) is 10.5 Å². The van der Waals surface area contributed by atoms with Crippen LogP contribution < -0.4 is 5.73 Å². The number of hydrogen-bond donors (Lipinski definition) is 1. The summed E-state index contributed by atoms with van der Waals surface area (Å²) in [5, 5.41) is 0. The predicted molar refractivity (Wildman–Crippen MR) is 74.5 cm³/mol. The second-order valence-electron chi connectivity index (χ2n) is 5.83. The molecule has 2 aliphatic heterocycles. The van der Waals surface area contributed by atoms with Crippen molar-refractivity contribution >= 4 is 11.8 Å². The molecule has 2 fully saturated rings. The van der Waals surface area contributed by atoms with E-state index in [2.05, 4.69) is 30.5 Å². The summed E-state index contributed by atoms with van der Waals surface area (Å²) in [6.45, 7) is 9.72. The SMILES string of the molecule is CC1(C)CN(C(CN)C2CCOCC2)CCS1. The zero-order valence-electron chi connectivity index (χ0n) is 11.2. The monoisotopic (exact) mass is 258 g/mol. The quantitative estimate of drug-likeness (QED) is 0.834. The fourth-order valence-electron chi connectivity index (χ4n) is 3.08. The summed E-state index contributed by atoms with van der Waals surface area (Å²) in [5.74, 6) is 1.99. The van der Waals surface area contributed by atoms with Gasteiger partial charge in [-0.05, 0) is 32.6 Å². The Bertz CT molecular complexity index is 242. The maximum absolute atomic E-state index is 6.03. The standard InChI is InChI=1S/C13H26N2OS/c1-13(2)10-15(5-8-17-13)12(9-14)11-3-6-16-7-4-11/h11-12H,3-10,14H2,1-2H3. The minimum Gasteiger partial charge on any atom is -0.381 e. The molecule has 0 saturated carbocycles. The topological polar surface area (TPSA) is 38.5 Å². The molecule has 0 spiro atoms. The number of ether oxygens (including phenoxy) is 1. The zero-order valence-corrected chi connectivity index (χ0v) is 12.0. The molecule has 0 aromatic carbocycles. The molecule has 17 heavy (non-hydrogen) atoms. The van der Waals surface area contributed by atoms with Gasteiger partial charge in [0.15, 0.2) is 0 Å². The highest BCUT2D eigenvalue weighted by atomic mass is 32.2. The molecule has 3 nitrogen and oxygen atoms in total. The third-order valence-electron chi connectivity index (χ3n) is 3.98. The average Bonchev–Trinajstić information content (AvgIpc) is 2.30. The fraction of sp³-hybridized carbons (Fsp3) is 1.00. The molecule has 4 heteroatoms. The van der Waals surface area contributed by atoms with Crippen molar-refractivity contribution in [2.75, 3.05) is 38.6 Å². The van der Waals surface area contributed by atoms with Crippen LogP contribution in [0.2, 0.25) is 0 Å². The molecule has 0 aromatic rings. The Hall–Kier alpha value is 0.230. The van der Waals surface area contributed by atoms with Crippen LogP contribution in [0.25, 0.3) is 0 Å². The van der Waals surface area contributed by atoms with Gasteiger partial charge >= 0.3 is 0 Å². The third-order valence-corrected chi connectivity index (χ3v) is 5.27. The molecule has 100 valence electrons. The highest BCUT2D eigenvalue weighted by Crippen LogP contribution is 2.33. The van der Waals surface area contributed by atoms with Gasteiger partial charge in [0.05, 0.1) is 0 Å². The van der Waals surface area contributed by atoms with Gasteiger partial charge in [0.25, 0.3) is 0 Å². The summed E-state index contributed by atoms with van der Waals surface area (Å²) >= 11 is 2.09. The Kier molecular flexibility index (Phi) is 4.75. The first-order valence-electron chi connectivity index (χ1n) is 6.78. The van der Waals surface area contributed by atoms with Crippen molar-refractivity contribution < 1.29 is 4.74 Å². The van der Waals surface area contributed by atoms with Crippen LogP contribution in [0.5, 0.6) is 0 Å². The second-order valence-corrected chi connectivity index (χ2v) is 7.63. The van der Waals surface area contributed by atoms with E-state index < -0.39 is 0 Å². The van der Waals surface area contributed by atoms with E-state index in [1.807, 2.05) is 0 Å². The first-order valence-corrected chi connectivity index (χ1v) is 7.77. The molecule has 2 aliphatic rings. The number of nitrogens with zero attached hydrogens (tertiary/aromatic N) is 1. The van der Waals surface area contributed by atoms with Gasteiger partial charge in [0, 0.05) is 49.4 Å². The van der Waals surface area contributed by atoms with Crippen molar-refractivity contribution in [2.24, 2.45) is 11.7 Å². The van der Waals surface area contributed by atoms with Gasteiger partial charge in [-0.15, -0.1) is 0 Å². The summed E-state index contributed by atoms with van der Waals surface area (Å²) in [4.78, 5) is 2.63. The maximum atomic E-state index is 6.03. The highest BCUT2D eigenvalue weighted by Gasteiger charge is 2.34. The summed E-state index contributed by atoms with van der Waals surface area (Å²) in [6.07, 6.45) is 2.37. The Balaban J connectivity index is 1.96. The van der Waals surface area contributed by atoms with Crippen LogP contribution in [-0.4, -0.2) is 54.3 Å². The maximum Gasteiger partial charge on any atom is 0.0469 e. The first kappa shape index (κ1) is 13.7. The summed E-state index contributed by atoms with van der Waals surface area (Å²) < 4.78 is 5.84. The minimum absolute atomic E-state index is 0.386. The van der Waals surface area contributed by atoms with Gasteiger partial charge in [0.2, 0.25) is 0 Å². The Labute approximate surface area is 109 Å².